The number of anilines is 1. The molecule has 44 heavy (non-hydrogen) atoms. The number of thiazole rings is 1. The zero-order valence-electron chi connectivity index (χ0n) is 25.6. The van der Waals surface area contributed by atoms with Crippen molar-refractivity contribution in [1.29, 1.82) is 0 Å². The number of rotatable bonds is 10. The number of methoxy groups -OCH3 is 1. The van der Waals surface area contributed by atoms with Gasteiger partial charge in [0.2, 0.25) is 0 Å². The average Bonchev–Trinajstić information content (AvgIpc) is 3.64. The highest BCUT2D eigenvalue weighted by atomic mass is 32.1. The maximum Gasteiger partial charge on any atom is 0.350 e. The smallest absolute Gasteiger partial charge is 0.350 e. The van der Waals surface area contributed by atoms with Crippen LogP contribution in [0.1, 0.15) is 72.2 Å². The van der Waals surface area contributed by atoms with Gasteiger partial charge in [0.05, 0.1) is 37.6 Å². The van der Waals surface area contributed by atoms with Crippen molar-refractivity contribution in [2.75, 3.05) is 25.2 Å². The number of esters is 1. The Kier molecular flexibility index (Phi) is 8.96. The van der Waals surface area contributed by atoms with E-state index < -0.39 is 23.7 Å². The molecule has 2 atom stereocenters. The normalized spacial score (nSPS) is 18.8. The van der Waals surface area contributed by atoms with E-state index in [0.29, 0.717) is 59.6 Å². The molecule has 232 valence electrons. The van der Waals surface area contributed by atoms with Gasteiger partial charge in [-0.05, 0) is 74.6 Å². The van der Waals surface area contributed by atoms with E-state index in [1.807, 2.05) is 13.8 Å². The Bertz CT molecular complexity index is 1640. The molecule has 0 saturated carbocycles. The first-order chi connectivity index (χ1) is 21.0. The SMILES string of the molecule is CCOc1cc([C@H]2C(=C(O)c3ccc4c(c3)C[C@@H](C)O4)C(=O)C(=O)N2c2nc(C)c(C(=O)OC)s2)ccc1OCCC(C)C. The predicted octanol–water partition coefficient (Wildman–Crippen LogP) is 6.01. The summed E-state index contributed by atoms with van der Waals surface area (Å²) in [6.07, 6.45) is 1.49. The molecule has 1 N–H and O–H groups in total. The first-order valence-corrected chi connectivity index (χ1v) is 15.4. The third-order valence-electron chi connectivity index (χ3n) is 7.51. The lowest BCUT2D eigenvalue weighted by atomic mass is 9.94. The second kappa shape index (κ2) is 12.7. The van der Waals surface area contributed by atoms with E-state index in [-0.39, 0.29) is 27.4 Å². The predicted molar refractivity (Wildman–Crippen MR) is 166 cm³/mol. The lowest BCUT2D eigenvalue weighted by molar-refractivity contribution is -0.132. The number of benzene rings is 2. The summed E-state index contributed by atoms with van der Waals surface area (Å²) in [5, 5.41) is 11.8. The van der Waals surface area contributed by atoms with Gasteiger partial charge in [-0.25, -0.2) is 9.78 Å². The number of amides is 1. The van der Waals surface area contributed by atoms with Gasteiger partial charge in [0, 0.05) is 12.0 Å². The molecular weight excluding hydrogens is 584 g/mol. The number of aryl methyl sites for hydroxylation is 1. The molecule has 10 nitrogen and oxygen atoms in total. The van der Waals surface area contributed by atoms with Crippen LogP contribution in [0.25, 0.3) is 5.76 Å². The number of hydrogen-bond acceptors (Lipinski definition) is 10. The van der Waals surface area contributed by atoms with Crippen LogP contribution in [0.3, 0.4) is 0 Å². The Morgan fingerprint density at radius 1 is 1.16 bits per heavy atom. The van der Waals surface area contributed by atoms with E-state index in [9.17, 15) is 19.5 Å². The zero-order valence-corrected chi connectivity index (χ0v) is 26.4. The number of aliphatic hydroxyl groups is 1. The summed E-state index contributed by atoms with van der Waals surface area (Å²) in [6.45, 7) is 10.5. The van der Waals surface area contributed by atoms with E-state index in [0.717, 1.165) is 23.3 Å². The van der Waals surface area contributed by atoms with Crippen LogP contribution in [-0.2, 0) is 20.7 Å². The maximum absolute atomic E-state index is 13.7. The molecule has 3 heterocycles. The standard InChI is InChI=1S/C33H36N2O8S/c1-7-41-25-16-20(8-11-24(25)42-13-12-17(2)3)27-26(28(36)21-9-10-23-22(15-21)14-18(4)43-23)29(37)31(38)35(27)33-34-19(5)30(44-33)32(39)40-6/h8-11,15-18,27,36H,7,12-14H2,1-6H3/t18-,27+/m1/s1. The third-order valence-corrected chi connectivity index (χ3v) is 8.65. The molecule has 11 heteroatoms. The van der Waals surface area contributed by atoms with Crippen molar-refractivity contribution in [2.45, 2.75) is 59.6 Å². The highest BCUT2D eigenvalue weighted by Crippen LogP contribution is 2.46. The Morgan fingerprint density at radius 3 is 2.64 bits per heavy atom. The number of carbonyl (C=O) groups is 3. The fourth-order valence-electron chi connectivity index (χ4n) is 5.32. The molecule has 1 fully saturated rings. The largest absolute Gasteiger partial charge is 0.507 e. The number of aliphatic hydroxyl groups excluding tert-OH is 1. The van der Waals surface area contributed by atoms with Gasteiger partial charge in [0.15, 0.2) is 16.6 Å². The summed E-state index contributed by atoms with van der Waals surface area (Å²) in [5.41, 5.74) is 2.02. The fraction of sp³-hybridized carbons (Fsp3) is 0.394. The lowest BCUT2D eigenvalue weighted by Gasteiger charge is -2.24. The number of ketones is 1. The van der Waals surface area contributed by atoms with Gasteiger partial charge < -0.3 is 24.1 Å². The van der Waals surface area contributed by atoms with Crippen LogP contribution in [0.15, 0.2) is 42.0 Å². The maximum atomic E-state index is 13.7. The first-order valence-electron chi connectivity index (χ1n) is 14.6. The van der Waals surface area contributed by atoms with Crippen LogP contribution in [-0.4, -0.2) is 54.2 Å². The highest BCUT2D eigenvalue weighted by Gasteiger charge is 2.49. The van der Waals surface area contributed by atoms with Crippen LogP contribution in [0.5, 0.6) is 17.2 Å². The molecule has 1 amide bonds. The lowest BCUT2D eigenvalue weighted by Crippen LogP contribution is -2.29. The van der Waals surface area contributed by atoms with Gasteiger partial charge >= 0.3 is 11.9 Å². The number of fused-ring (bicyclic) bond motifs is 1. The number of ether oxygens (including phenoxy) is 4. The summed E-state index contributed by atoms with van der Waals surface area (Å²) >= 11 is 0.942. The minimum atomic E-state index is -1.07. The van der Waals surface area contributed by atoms with Crippen molar-refractivity contribution >= 4 is 39.9 Å². The van der Waals surface area contributed by atoms with Crippen LogP contribution >= 0.6 is 11.3 Å². The topological polar surface area (TPSA) is 124 Å². The molecule has 0 spiro atoms. The second-order valence-electron chi connectivity index (χ2n) is 11.2. The van der Waals surface area contributed by atoms with E-state index in [1.54, 1.807) is 43.3 Å². The quantitative estimate of drug-likeness (QED) is 0.126. The molecule has 2 aliphatic rings. The summed E-state index contributed by atoms with van der Waals surface area (Å²) < 4.78 is 22.6. The molecule has 5 rings (SSSR count). The number of carbonyl (C=O) groups excluding carboxylic acids is 3. The molecule has 1 aromatic heterocycles. The monoisotopic (exact) mass is 620 g/mol. The van der Waals surface area contributed by atoms with Crippen molar-refractivity contribution < 1.29 is 38.4 Å². The fourth-order valence-corrected chi connectivity index (χ4v) is 6.34. The number of aromatic nitrogens is 1. The minimum absolute atomic E-state index is 0.0108. The Hall–Kier alpha value is -4.38. The van der Waals surface area contributed by atoms with Crippen molar-refractivity contribution in [1.82, 2.24) is 4.98 Å². The van der Waals surface area contributed by atoms with Gasteiger partial charge in [-0.2, -0.15) is 0 Å². The van der Waals surface area contributed by atoms with Gasteiger partial charge in [0.1, 0.15) is 22.5 Å². The van der Waals surface area contributed by atoms with Crippen molar-refractivity contribution in [3.8, 4) is 17.2 Å². The van der Waals surface area contributed by atoms with E-state index >= 15 is 0 Å². The minimum Gasteiger partial charge on any atom is -0.507 e. The Labute approximate surface area is 260 Å². The van der Waals surface area contributed by atoms with Crippen molar-refractivity contribution in [3.63, 3.8) is 0 Å². The van der Waals surface area contributed by atoms with Crippen LogP contribution in [0.4, 0.5) is 5.13 Å². The van der Waals surface area contributed by atoms with Gasteiger partial charge in [-0.1, -0.05) is 31.3 Å². The highest BCUT2D eigenvalue weighted by molar-refractivity contribution is 7.17. The van der Waals surface area contributed by atoms with E-state index in [4.69, 9.17) is 18.9 Å². The zero-order chi connectivity index (χ0) is 31.7. The van der Waals surface area contributed by atoms with Gasteiger partial charge in [-0.3, -0.25) is 14.5 Å². The van der Waals surface area contributed by atoms with Gasteiger partial charge in [0.25, 0.3) is 5.78 Å². The molecule has 0 aliphatic carbocycles. The average molecular weight is 621 g/mol. The van der Waals surface area contributed by atoms with Crippen LogP contribution in [0.2, 0.25) is 0 Å². The number of hydrogen-bond donors (Lipinski definition) is 1. The first kappa shape index (κ1) is 31.1. The number of Topliss-reactive ketones (excluding diaryl/α,β-unsaturated/α-hetero) is 1. The van der Waals surface area contributed by atoms with Gasteiger partial charge in [-0.15, -0.1) is 0 Å². The second-order valence-corrected chi connectivity index (χ2v) is 12.2. The molecule has 0 unspecified atom stereocenters. The molecular formula is C33H36N2O8S. The Morgan fingerprint density at radius 2 is 1.93 bits per heavy atom. The third kappa shape index (κ3) is 5.88. The Balaban J connectivity index is 1.66. The van der Waals surface area contributed by atoms with Crippen LogP contribution in [0, 0.1) is 12.8 Å². The molecule has 2 aliphatic heterocycles. The van der Waals surface area contributed by atoms with E-state index in [1.165, 1.54) is 12.0 Å². The van der Waals surface area contributed by atoms with Crippen molar-refractivity contribution in [3.05, 3.63) is 69.2 Å². The van der Waals surface area contributed by atoms with E-state index in [2.05, 4.69) is 18.8 Å². The molecule has 0 bridgehead atoms. The molecule has 2 aromatic carbocycles. The summed E-state index contributed by atoms with van der Waals surface area (Å²) in [7, 11) is 1.26. The summed E-state index contributed by atoms with van der Waals surface area (Å²) in [6, 6.07) is 9.31. The molecule has 0 radical (unpaired) electrons. The molecule has 3 aromatic rings. The van der Waals surface area contributed by atoms with Crippen LogP contribution < -0.4 is 19.1 Å². The van der Waals surface area contributed by atoms with Crippen molar-refractivity contribution in [2.24, 2.45) is 5.92 Å². The number of nitrogens with zero attached hydrogens (tertiary/aromatic N) is 2. The summed E-state index contributed by atoms with van der Waals surface area (Å²) in [5.74, 6) is -0.544. The summed E-state index contributed by atoms with van der Waals surface area (Å²) in [4.78, 5) is 45.8. The molecule has 1 saturated heterocycles.